The fourth-order valence-corrected chi connectivity index (χ4v) is 5.50. The van der Waals surface area contributed by atoms with Crippen molar-refractivity contribution in [3.8, 4) is 11.8 Å². The zero-order valence-corrected chi connectivity index (χ0v) is 19.4. The van der Waals surface area contributed by atoms with Gasteiger partial charge in [0.05, 0.1) is 6.54 Å². The number of aliphatic hydroxyl groups is 2. The van der Waals surface area contributed by atoms with Crippen molar-refractivity contribution < 1.29 is 40.9 Å². The van der Waals surface area contributed by atoms with E-state index in [9.17, 15) is 32.2 Å². The van der Waals surface area contributed by atoms with Gasteiger partial charge >= 0.3 is 6.18 Å². The summed E-state index contributed by atoms with van der Waals surface area (Å²) in [5.74, 6) is -0.580. The molecule has 200 valence electrons. The topological polar surface area (TPSA) is 84.1 Å². The Labute approximate surface area is 211 Å². The smallest absolute Gasteiger partial charge is 0.379 e. The number of alkyl halides is 5. The molecule has 3 saturated carbocycles. The maximum atomic E-state index is 16.1. The molecule has 38 heavy (non-hydrogen) atoms. The fourth-order valence-electron chi connectivity index (χ4n) is 5.50. The maximum Gasteiger partial charge on any atom is 0.418 e. The van der Waals surface area contributed by atoms with E-state index in [-0.39, 0.29) is 24.8 Å². The molecule has 2 atom stereocenters. The third kappa shape index (κ3) is 4.03. The second kappa shape index (κ2) is 8.51. The summed E-state index contributed by atoms with van der Waals surface area (Å²) in [6.07, 6.45) is -6.83. The van der Waals surface area contributed by atoms with Gasteiger partial charge in [-0.3, -0.25) is 0 Å². The first kappa shape index (κ1) is 26.1. The van der Waals surface area contributed by atoms with Gasteiger partial charge in [-0.25, -0.2) is 22.2 Å². The van der Waals surface area contributed by atoms with Gasteiger partial charge < -0.3 is 10.2 Å². The third-order valence-electron chi connectivity index (χ3n) is 7.38. The van der Waals surface area contributed by atoms with Crippen LogP contribution in [0, 0.1) is 34.3 Å². The Bertz CT molecular complexity index is 1390. The maximum absolute atomic E-state index is 16.1. The van der Waals surface area contributed by atoms with Crippen molar-refractivity contribution in [2.75, 3.05) is 0 Å². The van der Waals surface area contributed by atoms with Crippen LogP contribution in [0.5, 0.6) is 0 Å². The van der Waals surface area contributed by atoms with Crippen molar-refractivity contribution in [3.63, 3.8) is 0 Å². The standard InChI is InChI=1S/C25H19F7N4O2/c26-17-5-6-18(19(27)9-17)23(38,13-36-14-33-34-35-36)25(31,32)22-10-21(11-22,12-22)8-7-15-1-3-16(4-2-15)20(37)24(28,29)30/h1-6,9,14,20,37-38H,10-13H2. The minimum atomic E-state index is -4.82. The normalized spacial score (nSPS) is 24.9. The fraction of sp³-hybridized carbons (Fsp3) is 0.400. The molecule has 1 heterocycles. The van der Waals surface area contributed by atoms with Crippen molar-refractivity contribution in [3.05, 3.63) is 77.1 Å². The molecule has 6 rings (SSSR count). The first-order chi connectivity index (χ1) is 17.7. The van der Waals surface area contributed by atoms with Gasteiger partial charge in [0.15, 0.2) is 11.7 Å². The van der Waals surface area contributed by atoms with Gasteiger partial charge in [-0.05, 0) is 59.5 Å². The molecule has 0 spiro atoms. The molecule has 6 nitrogen and oxygen atoms in total. The largest absolute Gasteiger partial charge is 0.418 e. The van der Waals surface area contributed by atoms with Crippen LogP contribution in [-0.4, -0.2) is 42.5 Å². The molecule has 1 aromatic heterocycles. The highest BCUT2D eigenvalue weighted by atomic mass is 19.4. The monoisotopic (exact) mass is 540 g/mol. The summed E-state index contributed by atoms with van der Waals surface area (Å²) in [6, 6.07) is 6.68. The average Bonchev–Trinajstić information content (AvgIpc) is 3.29. The van der Waals surface area contributed by atoms with Gasteiger partial charge in [0.25, 0.3) is 5.92 Å². The van der Waals surface area contributed by atoms with Crippen molar-refractivity contribution in [1.29, 1.82) is 0 Å². The highest BCUT2D eigenvalue weighted by Crippen LogP contribution is 2.80. The molecule has 0 radical (unpaired) electrons. The Morgan fingerprint density at radius 3 is 2.21 bits per heavy atom. The molecule has 2 bridgehead atoms. The van der Waals surface area contributed by atoms with Crippen molar-refractivity contribution in [1.82, 2.24) is 20.2 Å². The predicted octanol–water partition coefficient (Wildman–Crippen LogP) is 4.29. The van der Waals surface area contributed by atoms with Crippen LogP contribution < -0.4 is 0 Å². The summed E-state index contributed by atoms with van der Waals surface area (Å²) in [7, 11) is 0. The number of halogens is 7. The van der Waals surface area contributed by atoms with E-state index < -0.39 is 58.4 Å². The molecule has 3 fully saturated rings. The molecule has 2 N–H and O–H groups in total. The molecule has 0 amide bonds. The molecule has 2 unspecified atom stereocenters. The zero-order chi connectivity index (χ0) is 27.6. The van der Waals surface area contributed by atoms with Gasteiger partial charge in [-0.2, -0.15) is 13.2 Å². The first-order valence-corrected chi connectivity index (χ1v) is 11.3. The van der Waals surface area contributed by atoms with E-state index in [1.54, 1.807) is 0 Å². The lowest BCUT2D eigenvalue weighted by Crippen LogP contribution is -2.74. The van der Waals surface area contributed by atoms with E-state index in [0.717, 1.165) is 35.3 Å². The highest BCUT2D eigenvalue weighted by Gasteiger charge is 2.81. The Balaban J connectivity index is 1.37. The molecule has 3 aliphatic carbocycles. The molecule has 3 aromatic rings. The van der Waals surface area contributed by atoms with Crippen LogP contribution in [0.2, 0.25) is 0 Å². The Morgan fingerprint density at radius 1 is 1.00 bits per heavy atom. The van der Waals surface area contributed by atoms with Gasteiger partial charge in [0.2, 0.25) is 0 Å². The van der Waals surface area contributed by atoms with Crippen molar-refractivity contribution in [2.45, 2.75) is 49.6 Å². The summed E-state index contributed by atoms with van der Waals surface area (Å²) >= 11 is 0. The number of hydrogen-bond acceptors (Lipinski definition) is 5. The van der Waals surface area contributed by atoms with E-state index in [1.165, 1.54) is 12.1 Å². The van der Waals surface area contributed by atoms with E-state index in [1.807, 2.05) is 0 Å². The summed E-state index contributed by atoms with van der Waals surface area (Å²) < 4.78 is 99.2. The number of rotatable bonds is 6. The van der Waals surface area contributed by atoms with Crippen LogP contribution in [0.4, 0.5) is 30.7 Å². The van der Waals surface area contributed by atoms with Crippen molar-refractivity contribution in [2.24, 2.45) is 10.8 Å². The summed E-state index contributed by atoms with van der Waals surface area (Å²) in [4.78, 5) is 0. The van der Waals surface area contributed by atoms with E-state index in [0.29, 0.717) is 11.6 Å². The summed E-state index contributed by atoms with van der Waals surface area (Å²) in [6.45, 7) is -0.897. The van der Waals surface area contributed by atoms with Crippen LogP contribution in [-0.2, 0) is 12.1 Å². The third-order valence-corrected chi connectivity index (χ3v) is 7.38. The lowest BCUT2D eigenvalue weighted by Gasteiger charge is -2.72. The van der Waals surface area contributed by atoms with Crippen LogP contribution in [0.1, 0.15) is 42.1 Å². The summed E-state index contributed by atoms with van der Waals surface area (Å²) in [5.41, 5.74) is -6.46. The van der Waals surface area contributed by atoms with Crippen LogP contribution in [0.15, 0.2) is 48.8 Å². The molecule has 0 saturated heterocycles. The number of tetrazole rings is 1. The highest BCUT2D eigenvalue weighted by molar-refractivity contribution is 5.43. The number of hydrogen-bond donors (Lipinski definition) is 2. The molecule has 0 aliphatic heterocycles. The number of aromatic nitrogens is 4. The molecular formula is C25H19F7N4O2. The van der Waals surface area contributed by atoms with Gasteiger partial charge in [0, 0.05) is 28.0 Å². The number of benzene rings is 2. The second-order valence-electron chi connectivity index (χ2n) is 9.97. The molecule has 2 aromatic carbocycles. The summed E-state index contributed by atoms with van der Waals surface area (Å²) in [5, 5.41) is 30.9. The average molecular weight is 540 g/mol. The van der Waals surface area contributed by atoms with E-state index >= 15 is 8.78 Å². The van der Waals surface area contributed by atoms with Crippen LogP contribution >= 0.6 is 0 Å². The first-order valence-electron chi connectivity index (χ1n) is 11.3. The number of aliphatic hydroxyl groups excluding tert-OH is 1. The van der Waals surface area contributed by atoms with Gasteiger partial charge in [0.1, 0.15) is 18.0 Å². The molecular weight excluding hydrogens is 521 g/mol. The quantitative estimate of drug-likeness (QED) is 0.360. The van der Waals surface area contributed by atoms with Gasteiger partial charge in [-0.1, -0.05) is 24.0 Å². The van der Waals surface area contributed by atoms with Crippen molar-refractivity contribution >= 4 is 0 Å². The van der Waals surface area contributed by atoms with E-state index in [2.05, 4.69) is 27.4 Å². The Morgan fingerprint density at radius 2 is 1.66 bits per heavy atom. The Hall–Kier alpha value is -3.50. The SMILES string of the molecule is OC(c1ccc(C#CC23CC(C(F)(F)C(O)(Cn4cnnn4)c4ccc(F)cc4F)(C2)C3)cc1)C(F)(F)F. The van der Waals surface area contributed by atoms with Crippen LogP contribution in [0.3, 0.4) is 0 Å². The minimum Gasteiger partial charge on any atom is -0.379 e. The van der Waals surface area contributed by atoms with Gasteiger partial charge in [-0.15, -0.1) is 5.10 Å². The lowest BCUT2D eigenvalue weighted by molar-refractivity contribution is -0.355. The predicted molar refractivity (Wildman–Crippen MR) is 116 cm³/mol. The molecule has 3 aliphatic rings. The zero-order valence-electron chi connectivity index (χ0n) is 19.4. The second-order valence-corrected chi connectivity index (χ2v) is 9.97. The molecule has 13 heteroatoms. The number of nitrogens with zero attached hydrogens (tertiary/aromatic N) is 4. The van der Waals surface area contributed by atoms with E-state index in [4.69, 9.17) is 0 Å². The minimum absolute atomic E-state index is 0.119. The lowest BCUT2D eigenvalue weighted by atomic mass is 9.32. The van der Waals surface area contributed by atoms with Crippen LogP contribution in [0.25, 0.3) is 0 Å². The Kier molecular flexibility index (Phi) is 5.85.